The number of nitrogens with zero attached hydrogens (tertiary/aromatic N) is 2. The average molecular weight is 266 g/mol. The van der Waals surface area contributed by atoms with Crippen LogP contribution in [-0.2, 0) is 4.79 Å². The maximum absolute atomic E-state index is 11.9. The number of benzene rings is 1. The van der Waals surface area contributed by atoms with E-state index < -0.39 is 5.97 Å². The Labute approximate surface area is 109 Å². The number of para-hydroxylation sites is 1. The van der Waals surface area contributed by atoms with E-state index >= 15 is 0 Å². The van der Waals surface area contributed by atoms with Crippen molar-refractivity contribution in [1.29, 1.82) is 0 Å². The van der Waals surface area contributed by atoms with Crippen molar-refractivity contribution in [3.63, 3.8) is 0 Å². The van der Waals surface area contributed by atoms with Gasteiger partial charge in [-0.1, -0.05) is 16.9 Å². The highest BCUT2D eigenvalue weighted by atomic mass is 16.7. The molecule has 0 amide bonds. The van der Waals surface area contributed by atoms with Gasteiger partial charge in [0.05, 0.1) is 18.0 Å². The first kappa shape index (κ1) is 14.5. The van der Waals surface area contributed by atoms with Gasteiger partial charge < -0.3 is 14.7 Å². The van der Waals surface area contributed by atoms with Gasteiger partial charge in [-0.25, -0.2) is 0 Å². The molecule has 0 radical (unpaired) electrons. The van der Waals surface area contributed by atoms with E-state index in [0.717, 1.165) is 11.7 Å². The minimum atomic E-state index is -0.833. The fourth-order valence-corrected chi connectivity index (χ4v) is 1.39. The summed E-state index contributed by atoms with van der Waals surface area (Å²) >= 11 is 0. The van der Waals surface area contributed by atoms with Crippen molar-refractivity contribution in [3.05, 3.63) is 34.6 Å². The molecule has 7 nitrogen and oxygen atoms in total. The largest absolute Gasteiger partial charge is 0.481 e. The number of carboxylic acids is 1. The second kappa shape index (κ2) is 6.39. The third-order valence-electron chi connectivity index (χ3n) is 2.07. The van der Waals surface area contributed by atoms with Crippen LogP contribution in [0, 0.1) is 0 Å². The van der Waals surface area contributed by atoms with E-state index in [9.17, 15) is 4.79 Å². The van der Waals surface area contributed by atoms with Crippen LogP contribution in [0.1, 0.15) is 6.92 Å². The molecule has 1 aromatic heterocycles. The zero-order valence-corrected chi connectivity index (χ0v) is 10.8. The molecule has 0 fully saturated rings. The van der Waals surface area contributed by atoms with Crippen molar-refractivity contribution in [2.75, 3.05) is 14.2 Å². The average Bonchev–Trinajstić information content (AvgIpc) is 2.38. The number of ether oxygens (including phenoxy) is 1. The van der Waals surface area contributed by atoms with Crippen LogP contribution in [0.25, 0.3) is 10.9 Å². The Morgan fingerprint density at radius 3 is 2.42 bits per heavy atom. The number of fused-ring (bicyclic) bond motifs is 1. The molecule has 1 N–H and O–H groups in total. The van der Waals surface area contributed by atoms with Crippen molar-refractivity contribution in [2.24, 2.45) is 0 Å². The number of aliphatic carboxylic acids is 1. The summed E-state index contributed by atoms with van der Waals surface area (Å²) in [7, 11) is 2.83. The molecule has 1 heterocycles. The zero-order valence-electron chi connectivity index (χ0n) is 10.8. The third kappa shape index (κ3) is 3.44. The third-order valence-corrected chi connectivity index (χ3v) is 2.07. The number of carbonyl (C=O) groups is 1. The molecule has 0 aliphatic rings. The summed E-state index contributed by atoms with van der Waals surface area (Å²) in [6.45, 7) is 1.08. The van der Waals surface area contributed by atoms with Crippen molar-refractivity contribution in [3.8, 4) is 6.01 Å². The molecule has 0 aliphatic heterocycles. The first-order chi connectivity index (χ1) is 9.01. The summed E-state index contributed by atoms with van der Waals surface area (Å²) in [5.74, 6) is -0.833. The van der Waals surface area contributed by atoms with E-state index in [1.165, 1.54) is 14.2 Å². The molecule has 0 spiro atoms. The predicted octanol–water partition coefficient (Wildman–Crippen LogP) is 0.554. The quantitative estimate of drug-likeness (QED) is 0.853. The first-order valence-electron chi connectivity index (χ1n) is 5.31. The summed E-state index contributed by atoms with van der Waals surface area (Å²) in [6.07, 6.45) is 0. The molecule has 0 saturated heterocycles. The molecule has 2 aromatic rings. The van der Waals surface area contributed by atoms with Gasteiger partial charge in [-0.2, -0.15) is 4.98 Å². The van der Waals surface area contributed by atoms with E-state index in [2.05, 4.69) is 4.98 Å². The summed E-state index contributed by atoms with van der Waals surface area (Å²) < 4.78 is 5.97. The minimum Gasteiger partial charge on any atom is -0.481 e. The standard InChI is InChI=1S/C10H10N2O3.C2H4O2/c1-14-10-11-8-6-4-3-5-7(8)9(13)12(10)15-2;1-2(3)4/h3-6H,1-2H3;1H3,(H,3,4). The van der Waals surface area contributed by atoms with Gasteiger partial charge in [0.25, 0.3) is 11.5 Å². The Balaban J connectivity index is 0.000000399. The Morgan fingerprint density at radius 1 is 1.32 bits per heavy atom. The first-order valence-corrected chi connectivity index (χ1v) is 5.31. The Hall–Kier alpha value is -2.57. The molecule has 0 unspecified atom stereocenters. The second-order valence-electron chi connectivity index (χ2n) is 3.42. The lowest BCUT2D eigenvalue weighted by Crippen LogP contribution is -2.27. The fraction of sp³-hybridized carbons (Fsp3) is 0.250. The van der Waals surface area contributed by atoms with Gasteiger partial charge in [0.2, 0.25) is 0 Å². The highest BCUT2D eigenvalue weighted by molar-refractivity contribution is 5.77. The number of hydrogen-bond acceptors (Lipinski definition) is 5. The number of aromatic nitrogens is 2. The summed E-state index contributed by atoms with van der Waals surface area (Å²) in [6, 6.07) is 7.17. The Kier molecular flexibility index (Phi) is 4.87. The molecule has 1 aromatic carbocycles. The summed E-state index contributed by atoms with van der Waals surface area (Å²) in [5, 5.41) is 7.92. The topological polar surface area (TPSA) is 90.7 Å². The monoisotopic (exact) mass is 266 g/mol. The van der Waals surface area contributed by atoms with E-state index in [0.29, 0.717) is 10.9 Å². The maximum Gasteiger partial charge on any atom is 0.334 e. The van der Waals surface area contributed by atoms with E-state index in [-0.39, 0.29) is 11.6 Å². The lowest BCUT2D eigenvalue weighted by atomic mass is 10.2. The fourth-order valence-electron chi connectivity index (χ4n) is 1.39. The van der Waals surface area contributed by atoms with Crippen LogP contribution in [-0.4, -0.2) is 35.0 Å². The Morgan fingerprint density at radius 2 is 1.89 bits per heavy atom. The smallest absolute Gasteiger partial charge is 0.334 e. The number of methoxy groups -OCH3 is 1. The highest BCUT2D eigenvalue weighted by Crippen LogP contribution is 2.10. The van der Waals surface area contributed by atoms with Crippen LogP contribution < -0.4 is 15.1 Å². The Bertz CT molecular complexity index is 632. The second-order valence-corrected chi connectivity index (χ2v) is 3.42. The van der Waals surface area contributed by atoms with Crippen LogP contribution in [0.2, 0.25) is 0 Å². The van der Waals surface area contributed by atoms with Crippen molar-refractivity contribution in [2.45, 2.75) is 6.92 Å². The molecule has 7 heteroatoms. The van der Waals surface area contributed by atoms with Gasteiger partial charge in [0.1, 0.15) is 7.11 Å². The number of hydrogen-bond donors (Lipinski definition) is 1. The van der Waals surface area contributed by atoms with Crippen molar-refractivity contribution in [1.82, 2.24) is 9.71 Å². The normalized spacial score (nSPS) is 9.42. The molecule has 19 heavy (non-hydrogen) atoms. The van der Waals surface area contributed by atoms with E-state index in [1.54, 1.807) is 18.2 Å². The summed E-state index contributed by atoms with van der Waals surface area (Å²) in [4.78, 5) is 29.9. The van der Waals surface area contributed by atoms with E-state index in [1.807, 2.05) is 6.07 Å². The lowest BCUT2D eigenvalue weighted by molar-refractivity contribution is -0.134. The number of rotatable bonds is 2. The lowest BCUT2D eigenvalue weighted by Gasteiger charge is -2.08. The maximum atomic E-state index is 11.9. The van der Waals surface area contributed by atoms with Crippen LogP contribution >= 0.6 is 0 Å². The molecular weight excluding hydrogens is 252 g/mol. The van der Waals surface area contributed by atoms with Gasteiger partial charge in [-0.15, -0.1) is 0 Å². The van der Waals surface area contributed by atoms with Crippen LogP contribution in [0.5, 0.6) is 6.01 Å². The number of carboxylic acid groups (broad SMARTS) is 1. The highest BCUT2D eigenvalue weighted by Gasteiger charge is 2.10. The molecule has 0 atom stereocenters. The van der Waals surface area contributed by atoms with Crippen molar-refractivity contribution < 1.29 is 19.5 Å². The van der Waals surface area contributed by atoms with Crippen LogP contribution in [0.15, 0.2) is 29.1 Å². The zero-order chi connectivity index (χ0) is 14.4. The molecule has 102 valence electrons. The van der Waals surface area contributed by atoms with Gasteiger partial charge in [-0.3, -0.25) is 9.59 Å². The molecule has 0 bridgehead atoms. The SMILES string of the molecule is CC(=O)O.COc1nc2ccccc2c(=O)n1OC. The van der Waals surface area contributed by atoms with Gasteiger partial charge in [-0.05, 0) is 12.1 Å². The van der Waals surface area contributed by atoms with Gasteiger partial charge >= 0.3 is 6.01 Å². The molecule has 0 saturated carbocycles. The summed E-state index contributed by atoms with van der Waals surface area (Å²) in [5.41, 5.74) is 0.313. The molecule has 0 aliphatic carbocycles. The van der Waals surface area contributed by atoms with Gasteiger partial charge in [0, 0.05) is 6.92 Å². The minimum absolute atomic E-state index is 0.140. The van der Waals surface area contributed by atoms with E-state index in [4.69, 9.17) is 19.5 Å². The molecule has 2 rings (SSSR count). The van der Waals surface area contributed by atoms with Crippen LogP contribution in [0.4, 0.5) is 0 Å². The van der Waals surface area contributed by atoms with Gasteiger partial charge in [0.15, 0.2) is 0 Å². The predicted molar refractivity (Wildman–Crippen MR) is 68.4 cm³/mol. The van der Waals surface area contributed by atoms with Crippen LogP contribution in [0.3, 0.4) is 0 Å². The molecular formula is C12H14N2O5. The van der Waals surface area contributed by atoms with Crippen molar-refractivity contribution >= 4 is 16.9 Å².